The van der Waals surface area contributed by atoms with Gasteiger partial charge in [-0.25, -0.2) is 0 Å². The van der Waals surface area contributed by atoms with E-state index in [1.54, 1.807) is 4.68 Å². The number of para-hydroxylation sites is 2. The molecule has 1 saturated carbocycles. The molecule has 0 spiro atoms. The van der Waals surface area contributed by atoms with Crippen LogP contribution in [0.4, 0.5) is 6.01 Å². The topological polar surface area (TPSA) is 76.2 Å². The second-order valence-corrected chi connectivity index (χ2v) is 8.92. The second-order valence-electron chi connectivity index (χ2n) is 8.92. The van der Waals surface area contributed by atoms with E-state index in [0.717, 1.165) is 28.8 Å². The lowest BCUT2D eigenvalue weighted by Gasteiger charge is -2.28. The Hall–Kier alpha value is -3.61. The molecule has 2 fully saturated rings. The number of aryl methyl sites for hydroxylation is 1. The predicted molar refractivity (Wildman–Crippen MR) is 122 cm³/mol. The SMILES string of the molecule is CC1C2CN(C(=O)c3nn(C)cc3-c3ccccc3)[C@H](CNc3nc4ccccc4o3)C12. The van der Waals surface area contributed by atoms with Crippen LogP contribution in [0.5, 0.6) is 0 Å². The van der Waals surface area contributed by atoms with Gasteiger partial charge in [-0.15, -0.1) is 0 Å². The van der Waals surface area contributed by atoms with Crippen LogP contribution in [0.1, 0.15) is 17.4 Å². The molecule has 1 aliphatic heterocycles. The van der Waals surface area contributed by atoms with Crippen molar-refractivity contribution in [1.29, 1.82) is 0 Å². The maximum atomic E-state index is 13.7. The summed E-state index contributed by atoms with van der Waals surface area (Å²) in [6.45, 7) is 3.66. The zero-order valence-corrected chi connectivity index (χ0v) is 18.1. The highest BCUT2D eigenvalue weighted by Crippen LogP contribution is 2.55. The largest absolute Gasteiger partial charge is 0.424 e. The van der Waals surface area contributed by atoms with Gasteiger partial charge in [-0.05, 0) is 35.4 Å². The summed E-state index contributed by atoms with van der Waals surface area (Å²) in [6, 6.07) is 18.3. The van der Waals surface area contributed by atoms with Crippen LogP contribution in [0, 0.1) is 17.8 Å². The van der Waals surface area contributed by atoms with Crippen LogP contribution in [-0.2, 0) is 7.05 Å². The fourth-order valence-electron chi connectivity index (χ4n) is 5.30. The summed E-state index contributed by atoms with van der Waals surface area (Å²) < 4.78 is 7.55. The Morgan fingerprint density at radius 2 is 1.94 bits per heavy atom. The Labute approximate surface area is 186 Å². The molecule has 3 heterocycles. The molecule has 0 bridgehead atoms. The highest BCUT2D eigenvalue weighted by atomic mass is 16.4. The van der Waals surface area contributed by atoms with Crippen LogP contribution in [0.25, 0.3) is 22.2 Å². The highest BCUT2D eigenvalue weighted by molar-refractivity contribution is 5.99. The first-order valence-corrected chi connectivity index (χ1v) is 11.1. The molecule has 3 unspecified atom stereocenters. The van der Waals surface area contributed by atoms with Crippen LogP contribution < -0.4 is 5.32 Å². The quantitative estimate of drug-likeness (QED) is 0.520. The molecule has 7 nitrogen and oxygen atoms in total. The van der Waals surface area contributed by atoms with Gasteiger partial charge in [0.05, 0.1) is 6.04 Å². The number of nitrogens with one attached hydrogen (secondary N) is 1. The van der Waals surface area contributed by atoms with Gasteiger partial charge < -0.3 is 14.6 Å². The van der Waals surface area contributed by atoms with Crippen molar-refractivity contribution in [2.45, 2.75) is 13.0 Å². The third kappa shape index (κ3) is 3.07. The predicted octanol–water partition coefficient (Wildman–Crippen LogP) is 4.05. The van der Waals surface area contributed by atoms with Crippen molar-refractivity contribution in [3.63, 3.8) is 0 Å². The van der Waals surface area contributed by atoms with E-state index in [-0.39, 0.29) is 11.9 Å². The number of rotatable bonds is 5. The summed E-state index contributed by atoms with van der Waals surface area (Å²) in [5, 5.41) is 7.89. The molecule has 1 amide bonds. The number of nitrogens with zero attached hydrogens (tertiary/aromatic N) is 4. The molecule has 0 radical (unpaired) electrons. The number of benzene rings is 2. The van der Waals surface area contributed by atoms with Gasteiger partial charge in [0.2, 0.25) is 0 Å². The Balaban J connectivity index is 1.26. The number of oxazole rings is 1. The van der Waals surface area contributed by atoms with E-state index >= 15 is 0 Å². The molecule has 1 N–H and O–H groups in total. The van der Waals surface area contributed by atoms with Gasteiger partial charge in [0, 0.05) is 31.9 Å². The number of piperidine rings is 1. The lowest BCUT2D eigenvalue weighted by molar-refractivity contribution is 0.0698. The van der Waals surface area contributed by atoms with Gasteiger partial charge in [0.25, 0.3) is 11.9 Å². The van der Waals surface area contributed by atoms with E-state index in [1.807, 2.05) is 72.7 Å². The first kappa shape index (κ1) is 19.1. The second kappa shape index (κ2) is 7.22. The van der Waals surface area contributed by atoms with Gasteiger partial charge in [-0.3, -0.25) is 9.48 Å². The molecule has 1 aliphatic carbocycles. The van der Waals surface area contributed by atoms with Gasteiger partial charge in [-0.1, -0.05) is 49.4 Å². The molecule has 1 saturated heterocycles. The molecule has 6 rings (SSSR count). The Morgan fingerprint density at radius 3 is 2.75 bits per heavy atom. The lowest BCUT2D eigenvalue weighted by atomic mass is 10.0. The number of aromatic nitrogens is 3. The number of likely N-dealkylation sites (tertiary alicyclic amines) is 1. The zero-order valence-electron chi connectivity index (χ0n) is 18.1. The summed E-state index contributed by atoms with van der Waals surface area (Å²) in [7, 11) is 1.86. The first-order valence-electron chi connectivity index (χ1n) is 11.1. The van der Waals surface area contributed by atoms with Crippen molar-refractivity contribution in [2.24, 2.45) is 24.8 Å². The van der Waals surface area contributed by atoms with E-state index in [9.17, 15) is 4.79 Å². The number of amides is 1. The normalized spacial score (nSPS) is 24.0. The van der Waals surface area contributed by atoms with Crippen LogP contribution in [-0.4, -0.2) is 44.7 Å². The van der Waals surface area contributed by atoms with Crippen molar-refractivity contribution in [3.05, 3.63) is 66.5 Å². The summed E-state index contributed by atoms with van der Waals surface area (Å²) in [6.07, 6.45) is 1.92. The number of hydrogen-bond donors (Lipinski definition) is 1. The summed E-state index contributed by atoms with van der Waals surface area (Å²) in [5.41, 5.74) is 3.97. The van der Waals surface area contributed by atoms with Gasteiger partial charge >= 0.3 is 0 Å². The Kier molecular flexibility index (Phi) is 4.31. The lowest BCUT2D eigenvalue weighted by Crippen LogP contribution is -2.43. The molecule has 162 valence electrons. The molecule has 2 aliphatic rings. The standard InChI is InChI=1S/C25H25N5O2/c1-15-17-14-30(24(31)23-18(13-29(2)28-23)16-8-4-3-5-9-16)20(22(15)17)12-26-25-27-19-10-6-7-11-21(19)32-25/h3-11,13,15,17,20,22H,12,14H2,1-2H3,(H,26,27)/t15?,17?,20-,22?/m1/s1. The average molecular weight is 428 g/mol. The minimum atomic E-state index is -0.00628. The van der Waals surface area contributed by atoms with Crippen molar-refractivity contribution in [2.75, 3.05) is 18.4 Å². The molecule has 2 aromatic carbocycles. The molecule has 7 heteroatoms. The van der Waals surface area contributed by atoms with Crippen LogP contribution >= 0.6 is 0 Å². The number of fused-ring (bicyclic) bond motifs is 2. The Bertz CT molecular complexity index is 1260. The molecule has 4 atom stereocenters. The Morgan fingerprint density at radius 1 is 1.16 bits per heavy atom. The van der Waals surface area contributed by atoms with Crippen molar-refractivity contribution >= 4 is 23.0 Å². The maximum Gasteiger partial charge on any atom is 0.295 e. The van der Waals surface area contributed by atoms with Crippen molar-refractivity contribution in [3.8, 4) is 11.1 Å². The average Bonchev–Trinajstić information content (AvgIpc) is 3.21. The minimum absolute atomic E-state index is 0.00628. The smallest absolute Gasteiger partial charge is 0.295 e. The summed E-state index contributed by atoms with van der Waals surface area (Å²) >= 11 is 0. The highest BCUT2D eigenvalue weighted by Gasteiger charge is 2.60. The molecule has 2 aromatic heterocycles. The number of hydrogen-bond acceptors (Lipinski definition) is 5. The van der Waals surface area contributed by atoms with Crippen LogP contribution in [0.2, 0.25) is 0 Å². The third-order valence-electron chi connectivity index (χ3n) is 7.02. The van der Waals surface area contributed by atoms with Gasteiger partial charge in [0.1, 0.15) is 5.52 Å². The van der Waals surface area contributed by atoms with Gasteiger partial charge in [0.15, 0.2) is 11.3 Å². The fourth-order valence-corrected chi connectivity index (χ4v) is 5.30. The molecule has 4 aromatic rings. The number of carbonyl (C=O) groups is 1. The minimum Gasteiger partial charge on any atom is -0.424 e. The van der Waals surface area contributed by atoms with Crippen LogP contribution in [0.3, 0.4) is 0 Å². The van der Waals surface area contributed by atoms with E-state index < -0.39 is 0 Å². The first-order chi connectivity index (χ1) is 15.6. The van der Waals surface area contributed by atoms with E-state index in [2.05, 4.69) is 22.3 Å². The van der Waals surface area contributed by atoms with Crippen molar-refractivity contribution < 1.29 is 9.21 Å². The number of anilines is 1. The monoisotopic (exact) mass is 427 g/mol. The number of carbonyl (C=O) groups excluding carboxylic acids is 1. The van der Waals surface area contributed by atoms with E-state index in [0.29, 0.717) is 36.0 Å². The van der Waals surface area contributed by atoms with Crippen LogP contribution in [0.15, 0.2) is 65.2 Å². The maximum absolute atomic E-state index is 13.7. The van der Waals surface area contributed by atoms with E-state index in [1.165, 1.54) is 0 Å². The molecule has 32 heavy (non-hydrogen) atoms. The van der Waals surface area contributed by atoms with Crippen molar-refractivity contribution in [1.82, 2.24) is 19.7 Å². The van der Waals surface area contributed by atoms with Gasteiger partial charge in [-0.2, -0.15) is 10.1 Å². The van der Waals surface area contributed by atoms with E-state index in [4.69, 9.17) is 4.42 Å². The summed E-state index contributed by atoms with van der Waals surface area (Å²) in [4.78, 5) is 20.2. The zero-order chi connectivity index (χ0) is 21.8. The third-order valence-corrected chi connectivity index (χ3v) is 7.02. The molecular weight excluding hydrogens is 402 g/mol. The fraction of sp³-hybridized carbons (Fsp3) is 0.320. The summed E-state index contributed by atoms with van der Waals surface area (Å²) in [5.74, 6) is 1.68. The molecular formula is C25H25N5O2.